The molecule has 0 amide bonds. The summed E-state index contributed by atoms with van der Waals surface area (Å²) in [6.45, 7) is 0. The van der Waals surface area contributed by atoms with Crippen molar-refractivity contribution in [1.29, 1.82) is 0 Å². The zero-order chi connectivity index (χ0) is 21.0. The normalized spacial score (nSPS) is 10.1. The monoisotopic (exact) mass is 390 g/mol. The topological polar surface area (TPSA) is 34.1 Å². The zero-order valence-corrected chi connectivity index (χ0v) is 16.5. The Bertz CT molecular complexity index is 993. The molecule has 146 valence electrons. The van der Waals surface area contributed by atoms with Gasteiger partial charge in [-0.2, -0.15) is 0 Å². The van der Waals surface area contributed by atoms with Gasteiger partial charge in [0.25, 0.3) is 0 Å². The van der Waals surface area contributed by atoms with Crippen LogP contribution >= 0.6 is 0 Å². The van der Waals surface area contributed by atoms with E-state index in [0.717, 1.165) is 0 Å². The van der Waals surface area contributed by atoms with E-state index in [-0.39, 0.29) is 0 Å². The van der Waals surface area contributed by atoms with Gasteiger partial charge in [-0.15, -0.1) is 0 Å². The average molecular weight is 390 g/mol. The molecule has 2 nitrogen and oxygen atoms in total. The lowest BCUT2D eigenvalue weighted by Gasteiger charge is -1.99. The maximum Gasteiger partial charge on any atom is 0.233 e. The second kappa shape index (κ2) is 11.1. The maximum atomic E-state index is 11.8. The Morgan fingerprint density at radius 3 is 0.967 bits per heavy atom. The van der Waals surface area contributed by atoms with E-state index in [9.17, 15) is 9.59 Å². The van der Waals surface area contributed by atoms with Gasteiger partial charge in [-0.05, 0) is 11.1 Å². The van der Waals surface area contributed by atoms with E-state index in [1.54, 1.807) is 48.5 Å². The SMILES string of the molecule is C(=Cc1ccccc1)c1ccccc1.O=C(C(=O)c1ccccc1)c1ccccc1. The summed E-state index contributed by atoms with van der Waals surface area (Å²) in [6.07, 6.45) is 4.24. The van der Waals surface area contributed by atoms with E-state index < -0.39 is 11.6 Å². The first-order valence-corrected chi connectivity index (χ1v) is 9.71. The Balaban J connectivity index is 0.000000172. The molecular weight excluding hydrogens is 368 g/mol. The summed E-state index contributed by atoms with van der Waals surface area (Å²) in [6, 6.07) is 37.8. The van der Waals surface area contributed by atoms with Crippen LogP contribution in [0.5, 0.6) is 0 Å². The summed E-state index contributed by atoms with van der Waals surface area (Å²) in [7, 11) is 0. The first-order valence-electron chi connectivity index (χ1n) is 9.71. The molecule has 4 aromatic carbocycles. The molecule has 0 saturated carbocycles. The van der Waals surface area contributed by atoms with Crippen molar-refractivity contribution < 1.29 is 9.59 Å². The van der Waals surface area contributed by atoms with Crippen LogP contribution in [0.15, 0.2) is 121 Å². The van der Waals surface area contributed by atoms with Crippen LogP contribution in [0.1, 0.15) is 31.8 Å². The van der Waals surface area contributed by atoms with Gasteiger partial charge in [0.15, 0.2) is 0 Å². The number of hydrogen-bond acceptors (Lipinski definition) is 2. The van der Waals surface area contributed by atoms with Crippen LogP contribution in [-0.4, -0.2) is 11.6 Å². The Morgan fingerprint density at radius 1 is 0.400 bits per heavy atom. The number of ketones is 2. The number of rotatable bonds is 5. The third kappa shape index (κ3) is 6.25. The van der Waals surface area contributed by atoms with Gasteiger partial charge in [0.05, 0.1) is 0 Å². The number of benzene rings is 4. The van der Waals surface area contributed by atoms with Crippen LogP contribution in [-0.2, 0) is 0 Å². The van der Waals surface area contributed by atoms with Crippen molar-refractivity contribution in [2.24, 2.45) is 0 Å². The first kappa shape index (κ1) is 20.7. The highest BCUT2D eigenvalue weighted by Gasteiger charge is 2.17. The van der Waals surface area contributed by atoms with Gasteiger partial charge in [0.2, 0.25) is 11.6 Å². The molecule has 2 heteroatoms. The summed E-state index contributed by atoms with van der Waals surface area (Å²) in [5, 5.41) is 0. The number of hydrogen-bond donors (Lipinski definition) is 0. The zero-order valence-electron chi connectivity index (χ0n) is 16.5. The third-order valence-electron chi connectivity index (χ3n) is 4.35. The van der Waals surface area contributed by atoms with E-state index in [4.69, 9.17) is 0 Å². The van der Waals surface area contributed by atoms with Crippen LogP contribution in [0, 0.1) is 0 Å². The van der Waals surface area contributed by atoms with Gasteiger partial charge >= 0.3 is 0 Å². The van der Waals surface area contributed by atoms with Crippen LogP contribution in [0.2, 0.25) is 0 Å². The molecule has 0 saturated heterocycles. The van der Waals surface area contributed by atoms with E-state index in [1.807, 2.05) is 48.5 Å². The number of carbonyl (C=O) groups excluding carboxylic acids is 2. The van der Waals surface area contributed by atoms with E-state index in [1.165, 1.54) is 11.1 Å². The van der Waals surface area contributed by atoms with E-state index >= 15 is 0 Å². The highest BCUT2D eigenvalue weighted by molar-refractivity contribution is 6.49. The molecule has 0 fully saturated rings. The molecule has 30 heavy (non-hydrogen) atoms. The number of carbonyl (C=O) groups is 2. The molecule has 4 rings (SSSR count). The number of Topliss-reactive ketones (excluding diaryl/α,β-unsaturated/α-hetero) is 2. The minimum absolute atomic E-state index is 0.427. The Kier molecular flexibility index (Phi) is 7.64. The molecule has 0 aliphatic rings. The summed E-state index contributed by atoms with van der Waals surface area (Å²) < 4.78 is 0. The van der Waals surface area contributed by atoms with Crippen LogP contribution < -0.4 is 0 Å². The fourth-order valence-electron chi connectivity index (χ4n) is 2.76. The van der Waals surface area contributed by atoms with Crippen LogP contribution in [0.25, 0.3) is 12.2 Å². The minimum atomic E-state index is -0.466. The Hall–Kier alpha value is -4.04. The first-order chi connectivity index (χ1) is 14.7. The van der Waals surface area contributed by atoms with Crippen molar-refractivity contribution >= 4 is 23.7 Å². The van der Waals surface area contributed by atoms with Gasteiger partial charge in [-0.1, -0.05) is 133 Å². The van der Waals surface area contributed by atoms with Gasteiger partial charge in [-0.25, -0.2) is 0 Å². The van der Waals surface area contributed by atoms with Crippen LogP contribution in [0.4, 0.5) is 0 Å². The van der Waals surface area contributed by atoms with Crippen molar-refractivity contribution in [2.45, 2.75) is 0 Å². The van der Waals surface area contributed by atoms with Crippen molar-refractivity contribution in [2.75, 3.05) is 0 Å². The molecule has 0 aromatic heterocycles. The second-order valence-corrected chi connectivity index (χ2v) is 6.54. The summed E-state index contributed by atoms with van der Waals surface area (Å²) >= 11 is 0. The molecule has 4 aromatic rings. The standard InChI is InChI=1S/C14H10O2.C14H12/c15-13(11-7-3-1-4-8-11)14(16)12-9-5-2-6-10-12;1-3-7-13(8-4-1)11-12-14-9-5-2-6-10-14/h1-10H;1-12H. The summed E-state index contributed by atoms with van der Waals surface area (Å²) in [5.41, 5.74) is 3.32. The molecule has 0 atom stereocenters. The predicted octanol–water partition coefficient (Wildman–Crippen LogP) is 6.61. The van der Waals surface area contributed by atoms with Crippen molar-refractivity contribution in [3.63, 3.8) is 0 Å². The van der Waals surface area contributed by atoms with Gasteiger partial charge < -0.3 is 0 Å². The Labute approximate surface area is 177 Å². The molecule has 0 heterocycles. The van der Waals surface area contributed by atoms with Gasteiger partial charge in [-0.3, -0.25) is 9.59 Å². The lowest BCUT2D eigenvalue weighted by atomic mass is 10.0. The molecule has 0 radical (unpaired) electrons. The fraction of sp³-hybridized carbons (Fsp3) is 0. The minimum Gasteiger partial charge on any atom is -0.285 e. The molecular formula is C28H22O2. The lowest BCUT2D eigenvalue weighted by molar-refractivity contribution is 0.0817. The third-order valence-corrected chi connectivity index (χ3v) is 4.35. The summed E-state index contributed by atoms with van der Waals surface area (Å²) in [5.74, 6) is -0.932. The average Bonchev–Trinajstić information content (AvgIpc) is 2.84. The predicted molar refractivity (Wildman–Crippen MR) is 123 cm³/mol. The van der Waals surface area contributed by atoms with Gasteiger partial charge in [0, 0.05) is 11.1 Å². The van der Waals surface area contributed by atoms with Gasteiger partial charge in [0.1, 0.15) is 0 Å². The van der Waals surface area contributed by atoms with Crippen LogP contribution in [0.3, 0.4) is 0 Å². The maximum absolute atomic E-state index is 11.8. The lowest BCUT2D eigenvalue weighted by Crippen LogP contribution is -2.14. The fourth-order valence-corrected chi connectivity index (χ4v) is 2.76. The quantitative estimate of drug-likeness (QED) is 0.218. The molecule has 0 N–H and O–H groups in total. The van der Waals surface area contributed by atoms with Crippen molar-refractivity contribution in [1.82, 2.24) is 0 Å². The molecule has 0 spiro atoms. The van der Waals surface area contributed by atoms with E-state index in [2.05, 4.69) is 36.4 Å². The highest BCUT2D eigenvalue weighted by Crippen LogP contribution is 2.08. The summed E-state index contributed by atoms with van der Waals surface area (Å²) in [4.78, 5) is 23.6. The van der Waals surface area contributed by atoms with Crippen molar-refractivity contribution in [3.05, 3.63) is 144 Å². The largest absolute Gasteiger partial charge is 0.285 e. The Morgan fingerprint density at radius 2 is 0.667 bits per heavy atom. The second-order valence-electron chi connectivity index (χ2n) is 6.54. The van der Waals surface area contributed by atoms with E-state index in [0.29, 0.717) is 11.1 Å². The molecule has 0 unspecified atom stereocenters. The molecule has 0 bridgehead atoms. The molecule has 0 aliphatic heterocycles. The van der Waals surface area contributed by atoms with Crippen molar-refractivity contribution in [3.8, 4) is 0 Å². The highest BCUT2D eigenvalue weighted by atomic mass is 16.2. The smallest absolute Gasteiger partial charge is 0.233 e. The molecule has 0 aliphatic carbocycles.